The van der Waals surface area contributed by atoms with Crippen molar-refractivity contribution < 1.29 is 27.1 Å². The second kappa shape index (κ2) is 11.3. The molecular weight excluding hydrogens is 482 g/mol. The van der Waals surface area contributed by atoms with Crippen LogP contribution in [0.3, 0.4) is 0 Å². The minimum atomic E-state index is -4.70. The summed E-state index contributed by atoms with van der Waals surface area (Å²) >= 11 is 0. The topological polar surface area (TPSA) is 39.2 Å². The zero-order valence-corrected chi connectivity index (χ0v) is 20.0. The Labute approximate surface area is 212 Å². The van der Waals surface area contributed by atoms with Gasteiger partial charge in [-0.25, -0.2) is 9.18 Å². The van der Waals surface area contributed by atoms with Crippen LogP contribution < -0.4 is 4.74 Å². The van der Waals surface area contributed by atoms with Crippen LogP contribution in [0, 0.1) is 17.7 Å². The average molecular weight is 506 g/mol. The maximum absolute atomic E-state index is 14.7. The molecule has 0 N–H and O–H groups in total. The summed E-state index contributed by atoms with van der Waals surface area (Å²) in [7, 11) is 0. The fraction of sp³-hybridized carbons (Fsp3) is 0.200. The van der Waals surface area contributed by atoms with Gasteiger partial charge in [0.25, 0.3) is 0 Å². The number of carbonyl (C=O) groups excluding carboxylic acids is 1. The Morgan fingerprint density at radius 2 is 1.76 bits per heavy atom. The second-order valence-electron chi connectivity index (χ2n) is 8.53. The van der Waals surface area contributed by atoms with Crippen LogP contribution in [0.25, 0.3) is 22.0 Å². The van der Waals surface area contributed by atoms with E-state index < -0.39 is 18.0 Å². The molecule has 3 nitrogen and oxygen atoms in total. The molecule has 1 heterocycles. The SMILES string of the molecule is CCCCCc1ccc(C(=O)Oc2ccc(-c3ccc4c(F)c(C#CC(F)(F)F)ccc4c3)nc2)cc1. The lowest BCUT2D eigenvalue weighted by Gasteiger charge is -2.08. The van der Waals surface area contributed by atoms with Gasteiger partial charge in [0.05, 0.1) is 23.0 Å². The van der Waals surface area contributed by atoms with Gasteiger partial charge in [-0.3, -0.25) is 4.98 Å². The largest absolute Gasteiger partial charge is 0.458 e. The predicted molar refractivity (Wildman–Crippen MR) is 135 cm³/mol. The van der Waals surface area contributed by atoms with Gasteiger partial charge >= 0.3 is 12.1 Å². The number of unbranched alkanes of at least 4 members (excludes halogenated alkanes) is 2. The van der Waals surface area contributed by atoms with Crippen LogP contribution in [-0.2, 0) is 6.42 Å². The van der Waals surface area contributed by atoms with Crippen molar-refractivity contribution in [1.29, 1.82) is 0 Å². The zero-order chi connectivity index (χ0) is 26.4. The molecule has 0 radical (unpaired) electrons. The van der Waals surface area contributed by atoms with E-state index in [1.807, 2.05) is 18.1 Å². The highest BCUT2D eigenvalue weighted by Gasteiger charge is 2.23. The molecule has 0 fully saturated rings. The van der Waals surface area contributed by atoms with Crippen LogP contribution in [0.5, 0.6) is 5.75 Å². The molecule has 4 aromatic rings. The molecule has 0 bridgehead atoms. The highest BCUT2D eigenvalue weighted by molar-refractivity contribution is 5.91. The van der Waals surface area contributed by atoms with Gasteiger partial charge in [-0.05, 0) is 60.2 Å². The number of hydrogen-bond donors (Lipinski definition) is 0. The number of hydrogen-bond acceptors (Lipinski definition) is 3. The van der Waals surface area contributed by atoms with Gasteiger partial charge in [-0.15, -0.1) is 0 Å². The van der Waals surface area contributed by atoms with Crippen LogP contribution in [-0.4, -0.2) is 17.1 Å². The Morgan fingerprint density at radius 3 is 2.43 bits per heavy atom. The highest BCUT2D eigenvalue weighted by Crippen LogP contribution is 2.27. The van der Waals surface area contributed by atoms with Gasteiger partial charge in [0.2, 0.25) is 0 Å². The van der Waals surface area contributed by atoms with E-state index in [-0.39, 0.29) is 16.7 Å². The summed E-state index contributed by atoms with van der Waals surface area (Å²) in [6, 6.07) is 18.1. The number of alkyl halides is 3. The molecule has 188 valence electrons. The van der Waals surface area contributed by atoms with Crippen LogP contribution >= 0.6 is 0 Å². The third-order valence-corrected chi connectivity index (χ3v) is 5.79. The van der Waals surface area contributed by atoms with Gasteiger partial charge in [0, 0.05) is 16.9 Å². The first-order valence-corrected chi connectivity index (χ1v) is 11.8. The lowest BCUT2D eigenvalue weighted by Crippen LogP contribution is -2.08. The number of nitrogens with zero attached hydrogens (tertiary/aromatic N) is 1. The summed E-state index contributed by atoms with van der Waals surface area (Å²) in [6.07, 6.45) is 1.14. The van der Waals surface area contributed by atoms with Gasteiger partial charge < -0.3 is 4.74 Å². The van der Waals surface area contributed by atoms with E-state index in [9.17, 15) is 22.4 Å². The standard InChI is InChI=1S/C30H23F4NO2/c1-2-3-4-5-20-6-8-22(9-7-20)29(36)37-25-13-15-27(35-19-25)24-12-14-26-23(18-24)11-10-21(28(26)31)16-17-30(32,33)34/h6-15,18-19H,2-5H2,1H3. The Balaban J connectivity index is 1.46. The third-order valence-electron chi connectivity index (χ3n) is 5.79. The number of benzene rings is 3. The molecule has 0 unspecified atom stereocenters. The predicted octanol–water partition coefficient (Wildman–Crippen LogP) is 7.91. The molecule has 3 aromatic carbocycles. The van der Waals surface area contributed by atoms with Crippen LogP contribution in [0.4, 0.5) is 17.6 Å². The van der Waals surface area contributed by atoms with Gasteiger partial charge in [-0.2, -0.15) is 13.2 Å². The average Bonchev–Trinajstić information content (AvgIpc) is 2.88. The molecule has 0 atom stereocenters. The summed E-state index contributed by atoms with van der Waals surface area (Å²) in [5.41, 5.74) is 2.51. The monoisotopic (exact) mass is 505 g/mol. The fourth-order valence-corrected chi connectivity index (χ4v) is 3.85. The number of esters is 1. The minimum Gasteiger partial charge on any atom is -0.421 e. The smallest absolute Gasteiger partial charge is 0.421 e. The summed E-state index contributed by atoms with van der Waals surface area (Å²) in [4.78, 5) is 16.8. The second-order valence-corrected chi connectivity index (χ2v) is 8.53. The molecule has 0 aliphatic rings. The van der Waals surface area contributed by atoms with Crippen molar-refractivity contribution in [2.24, 2.45) is 0 Å². The number of aryl methyl sites for hydroxylation is 1. The first kappa shape index (κ1) is 25.9. The van der Waals surface area contributed by atoms with Crippen molar-refractivity contribution >= 4 is 16.7 Å². The summed E-state index contributed by atoms with van der Waals surface area (Å²) in [5.74, 6) is 1.90. The molecule has 0 aliphatic heterocycles. The van der Waals surface area contributed by atoms with Crippen molar-refractivity contribution in [2.75, 3.05) is 0 Å². The molecule has 1 aromatic heterocycles. The fourth-order valence-electron chi connectivity index (χ4n) is 3.85. The molecule has 0 saturated heterocycles. The number of rotatable bonds is 7. The maximum Gasteiger partial charge on any atom is 0.458 e. The van der Waals surface area contributed by atoms with Gasteiger partial charge in [0.15, 0.2) is 0 Å². The van der Waals surface area contributed by atoms with E-state index in [1.54, 1.807) is 36.4 Å². The third kappa shape index (κ3) is 6.73. The van der Waals surface area contributed by atoms with Gasteiger partial charge in [-0.1, -0.05) is 56.0 Å². The number of carbonyl (C=O) groups is 1. The van der Waals surface area contributed by atoms with E-state index >= 15 is 0 Å². The minimum absolute atomic E-state index is 0.152. The molecule has 0 spiro atoms. The lowest BCUT2D eigenvalue weighted by molar-refractivity contribution is -0.0696. The molecule has 37 heavy (non-hydrogen) atoms. The maximum atomic E-state index is 14.7. The first-order chi connectivity index (χ1) is 17.7. The first-order valence-electron chi connectivity index (χ1n) is 11.8. The Hall–Kier alpha value is -4.18. The number of halogens is 4. The molecule has 4 rings (SSSR count). The van der Waals surface area contributed by atoms with E-state index in [1.165, 1.54) is 36.4 Å². The highest BCUT2D eigenvalue weighted by atomic mass is 19.4. The quantitative estimate of drug-likeness (QED) is 0.111. The van der Waals surface area contributed by atoms with E-state index in [2.05, 4.69) is 11.9 Å². The summed E-state index contributed by atoms with van der Waals surface area (Å²) in [6.45, 7) is 2.16. The molecule has 0 aliphatic carbocycles. The summed E-state index contributed by atoms with van der Waals surface area (Å²) in [5, 5.41) is 0.641. The van der Waals surface area contributed by atoms with Gasteiger partial charge in [0.1, 0.15) is 11.6 Å². The summed E-state index contributed by atoms with van der Waals surface area (Å²) < 4.78 is 57.1. The van der Waals surface area contributed by atoms with E-state index in [0.29, 0.717) is 22.2 Å². The van der Waals surface area contributed by atoms with Crippen LogP contribution in [0.2, 0.25) is 0 Å². The molecule has 0 amide bonds. The van der Waals surface area contributed by atoms with E-state index in [0.717, 1.165) is 25.2 Å². The van der Waals surface area contributed by atoms with Crippen molar-refractivity contribution in [1.82, 2.24) is 4.98 Å². The Kier molecular flexibility index (Phi) is 7.88. The number of aromatic nitrogens is 1. The van der Waals surface area contributed by atoms with Crippen LogP contribution in [0.15, 0.2) is 72.9 Å². The van der Waals surface area contributed by atoms with Crippen molar-refractivity contribution in [3.63, 3.8) is 0 Å². The van der Waals surface area contributed by atoms with Crippen LogP contribution in [0.1, 0.15) is 47.7 Å². The Bertz CT molecular complexity index is 1460. The number of ether oxygens (including phenoxy) is 1. The van der Waals surface area contributed by atoms with E-state index in [4.69, 9.17) is 4.74 Å². The zero-order valence-electron chi connectivity index (χ0n) is 20.0. The van der Waals surface area contributed by atoms with Crippen molar-refractivity contribution in [2.45, 2.75) is 38.8 Å². The van der Waals surface area contributed by atoms with Crippen molar-refractivity contribution in [3.8, 4) is 28.8 Å². The Morgan fingerprint density at radius 1 is 0.973 bits per heavy atom. The number of fused-ring (bicyclic) bond motifs is 1. The lowest BCUT2D eigenvalue weighted by atomic mass is 10.0. The van der Waals surface area contributed by atoms with Crippen molar-refractivity contribution in [3.05, 3.63) is 95.4 Å². The molecule has 7 heteroatoms. The number of pyridine rings is 1. The normalized spacial score (nSPS) is 11.2. The molecule has 0 saturated carbocycles. The molecular formula is C30H23F4NO2.